The summed E-state index contributed by atoms with van der Waals surface area (Å²) in [7, 11) is 0. The zero-order chi connectivity index (χ0) is 21.3. The maximum absolute atomic E-state index is 12.6. The van der Waals surface area contributed by atoms with Gasteiger partial charge in [-0.2, -0.15) is 0 Å². The maximum Gasteiger partial charge on any atom is 0.251 e. The van der Waals surface area contributed by atoms with Crippen molar-refractivity contribution in [1.29, 1.82) is 0 Å². The number of benzene rings is 1. The van der Waals surface area contributed by atoms with E-state index in [1.54, 1.807) is 12.3 Å². The molecule has 30 heavy (non-hydrogen) atoms. The molecule has 3 rings (SSSR count). The Morgan fingerprint density at radius 2 is 2.00 bits per heavy atom. The van der Waals surface area contributed by atoms with E-state index < -0.39 is 0 Å². The van der Waals surface area contributed by atoms with Crippen molar-refractivity contribution in [2.24, 2.45) is 0 Å². The third kappa shape index (κ3) is 6.22. The molecule has 0 aliphatic carbocycles. The Kier molecular flexibility index (Phi) is 7.68. The van der Waals surface area contributed by atoms with Crippen LogP contribution in [0.4, 0.5) is 0 Å². The number of hydrogen-bond acceptors (Lipinski definition) is 5. The molecule has 2 aromatic rings. The molecule has 0 bridgehead atoms. The van der Waals surface area contributed by atoms with E-state index in [1.807, 2.05) is 41.3 Å². The normalized spacial score (nSPS) is 16.2. The Labute approximate surface area is 176 Å². The Hall–Kier alpha value is -3.06. The van der Waals surface area contributed by atoms with E-state index in [0.717, 1.165) is 30.6 Å². The highest BCUT2D eigenvalue weighted by Crippen LogP contribution is 2.27. The van der Waals surface area contributed by atoms with Crippen LogP contribution < -0.4 is 10.6 Å². The van der Waals surface area contributed by atoms with Crippen LogP contribution in [0.3, 0.4) is 0 Å². The van der Waals surface area contributed by atoms with Crippen molar-refractivity contribution >= 4 is 17.6 Å². The first-order valence-electron chi connectivity index (χ1n) is 10.3. The van der Waals surface area contributed by atoms with Crippen molar-refractivity contribution in [3.05, 3.63) is 65.5 Å². The SMILES string of the molecule is CC(=O)CNC(=O)c1cccc(C2CCCN(C(=O)CNCc3ccccn3)C2)c1. The Bertz CT molecular complexity index is 885. The number of carbonyl (C=O) groups excluding carboxylic acids is 3. The van der Waals surface area contributed by atoms with E-state index in [1.165, 1.54) is 6.92 Å². The Morgan fingerprint density at radius 3 is 2.77 bits per heavy atom. The molecule has 2 N–H and O–H groups in total. The molecule has 2 amide bonds. The molecule has 158 valence electrons. The van der Waals surface area contributed by atoms with Crippen molar-refractivity contribution in [3.8, 4) is 0 Å². The van der Waals surface area contributed by atoms with Gasteiger partial charge in [-0.25, -0.2) is 0 Å². The number of ketones is 1. The standard InChI is InChI=1S/C23H28N4O3/c1-17(28)13-26-23(30)19-7-4-6-18(12-19)20-8-5-11-27(16-20)22(29)15-24-14-21-9-2-3-10-25-21/h2-4,6-7,9-10,12,20,24H,5,8,11,13-16H2,1H3,(H,26,30). The molecule has 7 heteroatoms. The van der Waals surface area contributed by atoms with E-state index in [0.29, 0.717) is 18.7 Å². The number of Topliss-reactive ketones (excluding diaryl/α,β-unsaturated/α-hetero) is 1. The third-order valence-electron chi connectivity index (χ3n) is 5.20. The molecule has 1 aromatic heterocycles. The average Bonchev–Trinajstić information content (AvgIpc) is 2.78. The topological polar surface area (TPSA) is 91.4 Å². The van der Waals surface area contributed by atoms with Gasteiger partial charge in [0.05, 0.1) is 18.8 Å². The summed E-state index contributed by atoms with van der Waals surface area (Å²) in [5, 5.41) is 5.79. The molecule has 7 nitrogen and oxygen atoms in total. The first-order chi connectivity index (χ1) is 14.5. The predicted molar refractivity (Wildman–Crippen MR) is 114 cm³/mol. The quantitative estimate of drug-likeness (QED) is 0.696. The number of pyridine rings is 1. The summed E-state index contributed by atoms with van der Waals surface area (Å²) in [5.41, 5.74) is 2.49. The van der Waals surface area contributed by atoms with Crippen LogP contribution in [-0.4, -0.2) is 53.7 Å². The number of rotatable bonds is 8. The maximum atomic E-state index is 12.6. The first-order valence-corrected chi connectivity index (χ1v) is 10.3. The summed E-state index contributed by atoms with van der Waals surface area (Å²) in [6, 6.07) is 13.2. The summed E-state index contributed by atoms with van der Waals surface area (Å²) in [5.74, 6) is -0.0721. The van der Waals surface area contributed by atoms with Crippen LogP contribution in [-0.2, 0) is 16.1 Å². The monoisotopic (exact) mass is 408 g/mol. The van der Waals surface area contributed by atoms with Crippen molar-refractivity contribution in [2.75, 3.05) is 26.2 Å². The van der Waals surface area contributed by atoms with Crippen LogP contribution in [0, 0.1) is 0 Å². The van der Waals surface area contributed by atoms with Crippen molar-refractivity contribution in [2.45, 2.75) is 32.2 Å². The van der Waals surface area contributed by atoms with Gasteiger partial charge in [-0.15, -0.1) is 0 Å². The molecule has 1 unspecified atom stereocenters. The fraction of sp³-hybridized carbons (Fsp3) is 0.391. The number of nitrogens with zero attached hydrogens (tertiary/aromatic N) is 2. The van der Waals surface area contributed by atoms with E-state index in [4.69, 9.17) is 0 Å². The lowest BCUT2D eigenvalue weighted by Crippen LogP contribution is -2.43. The van der Waals surface area contributed by atoms with Crippen molar-refractivity contribution in [3.63, 3.8) is 0 Å². The van der Waals surface area contributed by atoms with Gasteiger partial charge in [0.1, 0.15) is 5.78 Å². The molecule has 0 spiro atoms. The largest absolute Gasteiger partial charge is 0.345 e. The van der Waals surface area contributed by atoms with Crippen molar-refractivity contribution < 1.29 is 14.4 Å². The molecule has 1 saturated heterocycles. The van der Waals surface area contributed by atoms with Crippen LogP contribution in [0.15, 0.2) is 48.7 Å². The van der Waals surface area contributed by atoms with Gasteiger partial charge in [0.15, 0.2) is 0 Å². The summed E-state index contributed by atoms with van der Waals surface area (Å²) < 4.78 is 0. The smallest absolute Gasteiger partial charge is 0.251 e. The average molecular weight is 409 g/mol. The molecule has 1 aliphatic heterocycles. The van der Waals surface area contributed by atoms with Gasteiger partial charge < -0.3 is 15.5 Å². The minimum Gasteiger partial charge on any atom is -0.345 e. The third-order valence-corrected chi connectivity index (χ3v) is 5.20. The number of aromatic nitrogens is 1. The van der Waals surface area contributed by atoms with Crippen LogP contribution in [0.5, 0.6) is 0 Å². The number of piperidine rings is 1. The molecule has 1 aromatic carbocycles. The Balaban J connectivity index is 1.55. The van der Waals surface area contributed by atoms with E-state index >= 15 is 0 Å². The number of carbonyl (C=O) groups is 3. The fourth-order valence-corrected chi connectivity index (χ4v) is 3.63. The highest BCUT2D eigenvalue weighted by Gasteiger charge is 2.25. The Morgan fingerprint density at radius 1 is 1.13 bits per heavy atom. The zero-order valence-electron chi connectivity index (χ0n) is 17.3. The molecular weight excluding hydrogens is 380 g/mol. The van der Waals surface area contributed by atoms with E-state index in [2.05, 4.69) is 15.6 Å². The molecule has 0 radical (unpaired) electrons. The van der Waals surface area contributed by atoms with E-state index in [9.17, 15) is 14.4 Å². The molecular formula is C23H28N4O3. The molecule has 0 saturated carbocycles. The summed E-state index contributed by atoms with van der Waals surface area (Å²) in [6.45, 7) is 3.69. The minimum atomic E-state index is -0.255. The van der Waals surface area contributed by atoms with Gasteiger partial charge in [0.2, 0.25) is 5.91 Å². The van der Waals surface area contributed by atoms with Gasteiger partial charge >= 0.3 is 0 Å². The number of amides is 2. The number of hydrogen-bond donors (Lipinski definition) is 2. The molecule has 1 atom stereocenters. The van der Waals surface area contributed by atoms with Crippen LogP contribution in [0.25, 0.3) is 0 Å². The highest BCUT2D eigenvalue weighted by molar-refractivity contribution is 5.96. The summed E-state index contributed by atoms with van der Waals surface area (Å²) in [6.07, 6.45) is 3.64. The van der Waals surface area contributed by atoms with Crippen LogP contribution >= 0.6 is 0 Å². The van der Waals surface area contributed by atoms with Gasteiger partial charge in [0, 0.05) is 37.3 Å². The van der Waals surface area contributed by atoms with Crippen LogP contribution in [0.1, 0.15) is 47.3 Å². The van der Waals surface area contributed by atoms with Crippen molar-refractivity contribution in [1.82, 2.24) is 20.5 Å². The molecule has 1 fully saturated rings. The van der Waals surface area contributed by atoms with Gasteiger partial charge in [-0.3, -0.25) is 19.4 Å². The lowest BCUT2D eigenvalue weighted by atomic mass is 9.89. The number of likely N-dealkylation sites (tertiary alicyclic amines) is 1. The van der Waals surface area contributed by atoms with Gasteiger partial charge in [-0.05, 0) is 49.6 Å². The summed E-state index contributed by atoms with van der Waals surface area (Å²) >= 11 is 0. The lowest BCUT2D eigenvalue weighted by molar-refractivity contribution is -0.131. The fourth-order valence-electron chi connectivity index (χ4n) is 3.63. The second-order valence-electron chi connectivity index (χ2n) is 7.61. The zero-order valence-corrected chi connectivity index (χ0v) is 17.3. The number of nitrogens with one attached hydrogen (secondary N) is 2. The van der Waals surface area contributed by atoms with E-state index in [-0.39, 0.29) is 36.6 Å². The molecule has 2 heterocycles. The second kappa shape index (κ2) is 10.6. The first kappa shape index (κ1) is 21.6. The van der Waals surface area contributed by atoms with Gasteiger partial charge in [0.25, 0.3) is 5.91 Å². The predicted octanol–water partition coefficient (Wildman–Crippen LogP) is 1.90. The minimum absolute atomic E-state index is 0.0280. The second-order valence-corrected chi connectivity index (χ2v) is 7.61. The van der Waals surface area contributed by atoms with Gasteiger partial charge in [-0.1, -0.05) is 18.2 Å². The van der Waals surface area contributed by atoms with Crippen LogP contribution in [0.2, 0.25) is 0 Å². The highest BCUT2D eigenvalue weighted by atomic mass is 16.2. The lowest BCUT2D eigenvalue weighted by Gasteiger charge is -2.33. The summed E-state index contributed by atoms with van der Waals surface area (Å²) in [4.78, 5) is 42.1. The molecule has 1 aliphatic rings.